The zero-order valence-electron chi connectivity index (χ0n) is 11.4. The number of rotatable bonds is 5. The highest BCUT2D eigenvalue weighted by atomic mass is 35.5. The Morgan fingerprint density at radius 1 is 1.18 bits per heavy atom. The van der Waals surface area contributed by atoms with E-state index in [1.165, 1.54) is 31.4 Å². The van der Waals surface area contributed by atoms with E-state index >= 15 is 0 Å². The van der Waals surface area contributed by atoms with Crippen LogP contribution in [0.15, 0.2) is 47.4 Å². The van der Waals surface area contributed by atoms with Crippen molar-refractivity contribution < 1.29 is 23.1 Å². The molecule has 8 heteroatoms. The van der Waals surface area contributed by atoms with Gasteiger partial charge in [0.05, 0.1) is 17.0 Å². The highest BCUT2D eigenvalue weighted by Gasteiger charge is 2.24. The van der Waals surface area contributed by atoms with Gasteiger partial charge in [-0.15, -0.1) is 0 Å². The molecule has 6 nitrogen and oxygen atoms in total. The number of sulfonamides is 1. The van der Waals surface area contributed by atoms with Crippen molar-refractivity contribution in [1.82, 2.24) is 0 Å². The number of carboxylic acid groups (broad SMARTS) is 1. The molecule has 0 saturated heterocycles. The predicted molar refractivity (Wildman–Crippen MR) is 82.2 cm³/mol. The number of benzene rings is 2. The molecule has 0 unspecified atom stereocenters. The van der Waals surface area contributed by atoms with Crippen LogP contribution in [-0.4, -0.2) is 26.6 Å². The molecule has 0 radical (unpaired) electrons. The van der Waals surface area contributed by atoms with Crippen LogP contribution in [-0.2, 0) is 10.0 Å². The van der Waals surface area contributed by atoms with Crippen molar-refractivity contribution in [2.75, 3.05) is 11.8 Å². The fourth-order valence-corrected chi connectivity index (χ4v) is 3.17. The number of aromatic carboxylic acids is 1. The molecule has 22 heavy (non-hydrogen) atoms. The number of methoxy groups -OCH3 is 1. The maximum Gasteiger partial charge on any atom is 0.339 e. The van der Waals surface area contributed by atoms with Gasteiger partial charge in [0.15, 0.2) is 0 Å². The van der Waals surface area contributed by atoms with Crippen molar-refractivity contribution in [2.45, 2.75) is 4.90 Å². The van der Waals surface area contributed by atoms with Crippen molar-refractivity contribution >= 4 is 33.3 Å². The van der Waals surface area contributed by atoms with Crippen molar-refractivity contribution in [2.24, 2.45) is 0 Å². The van der Waals surface area contributed by atoms with Crippen LogP contribution in [0.5, 0.6) is 5.75 Å². The van der Waals surface area contributed by atoms with E-state index < -0.39 is 16.0 Å². The van der Waals surface area contributed by atoms with Gasteiger partial charge in [-0.1, -0.05) is 29.8 Å². The van der Waals surface area contributed by atoms with E-state index in [2.05, 4.69) is 4.72 Å². The first-order valence-electron chi connectivity index (χ1n) is 6.04. The summed E-state index contributed by atoms with van der Waals surface area (Å²) in [5.74, 6) is -1.31. The molecular weight excluding hydrogens is 330 g/mol. The molecule has 0 bridgehead atoms. The molecule has 0 saturated carbocycles. The standard InChI is InChI=1S/C14H12ClNO5S/c1-21-11-8-7-10(15)12(14(17)18)13(11)16-22(19,20)9-5-3-2-4-6-9/h2-8,16H,1H3,(H,17,18). The Balaban J connectivity index is 2.58. The molecule has 0 aliphatic carbocycles. The quantitative estimate of drug-likeness (QED) is 0.872. The molecule has 0 fully saturated rings. The summed E-state index contributed by atoms with van der Waals surface area (Å²) < 4.78 is 32.0. The Morgan fingerprint density at radius 2 is 1.82 bits per heavy atom. The monoisotopic (exact) mass is 341 g/mol. The van der Waals surface area contributed by atoms with Gasteiger partial charge >= 0.3 is 5.97 Å². The zero-order chi connectivity index (χ0) is 16.3. The van der Waals surface area contributed by atoms with Crippen LogP contribution in [0.25, 0.3) is 0 Å². The van der Waals surface area contributed by atoms with Gasteiger partial charge in [0.1, 0.15) is 17.0 Å². The van der Waals surface area contributed by atoms with Gasteiger partial charge in [0.25, 0.3) is 10.0 Å². The van der Waals surface area contributed by atoms with Crippen LogP contribution >= 0.6 is 11.6 Å². The minimum absolute atomic E-state index is 0.00614. The van der Waals surface area contributed by atoms with E-state index in [0.717, 1.165) is 0 Å². The Hall–Kier alpha value is -2.25. The maximum atomic E-state index is 12.4. The summed E-state index contributed by atoms with van der Waals surface area (Å²) in [4.78, 5) is 11.4. The number of nitrogens with one attached hydrogen (secondary N) is 1. The number of anilines is 1. The molecule has 0 aliphatic heterocycles. The van der Waals surface area contributed by atoms with Crippen molar-refractivity contribution in [3.8, 4) is 5.75 Å². The number of carboxylic acids is 1. The predicted octanol–water partition coefficient (Wildman–Crippen LogP) is 2.85. The minimum atomic E-state index is -3.97. The van der Waals surface area contributed by atoms with Gasteiger partial charge < -0.3 is 9.84 Å². The molecule has 2 N–H and O–H groups in total. The second kappa shape index (κ2) is 6.25. The lowest BCUT2D eigenvalue weighted by molar-refractivity contribution is 0.0698. The summed E-state index contributed by atoms with van der Waals surface area (Å²) in [6.45, 7) is 0. The Labute approximate surface area is 132 Å². The van der Waals surface area contributed by atoms with Gasteiger partial charge in [-0.2, -0.15) is 0 Å². The number of hydrogen-bond donors (Lipinski definition) is 2. The Kier molecular flexibility index (Phi) is 4.58. The molecule has 2 aromatic rings. The lowest BCUT2D eigenvalue weighted by atomic mass is 10.1. The first-order valence-corrected chi connectivity index (χ1v) is 7.90. The topological polar surface area (TPSA) is 92.7 Å². The lowest BCUT2D eigenvalue weighted by Crippen LogP contribution is -2.16. The summed E-state index contributed by atoms with van der Waals surface area (Å²) in [7, 11) is -2.67. The third-order valence-corrected chi connectivity index (χ3v) is 4.52. The average Bonchev–Trinajstić information content (AvgIpc) is 2.48. The first-order chi connectivity index (χ1) is 10.4. The third kappa shape index (κ3) is 3.15. The molecule has 0 heterocycles. The molecule has 0 aromatic heterocycles. The summed E-state index contributed by atoms with van der Waals surface area (Å²) in [6, 6.07) is 10.3. The second-order valence-corrected chi connectivity index (χ2v) is 6.31. The average molecular weight is 342 g/mol. The molecule has 0 atom stereocenters. The summed E-state index contributed by atoms with van der Waals surface area (Å²) in [5.41, 5.74) is -0.591. The van der Waals surface area contributed by atoms with Crippen LogP contribution in [0.3, 0.4) is 0 Å². The van der Waals surface area contributed by atoms with E-state index in [9.17, 15) is 18.3 Å². The summed E-state index contributed by atoms with van der Waals surface area (Å²) >= 11 is 5.86. The van der Waals surface area contributed by atoms with Crippen LogP contribution in [0.1, 0.15) is 10.4 Å². The largest absolute Gasteiger partial charge is 0.495 e. The Morgan fingerprint density at radius 3 is 2.36 bits per heavy atom. The van der Waals surface area contributed by atoms with Gasteiger partial charge in [-0.3, -0.25) is 4.72 Å². The van der Waals surface area contributed by atoms with E-state index in [0.29, 0.717) is 0 Å². The van der Waals surface area contributed by atoms with E-state index in [4.69, 9.17) is 16.3 Å². The molecule has 0 spiro atoms. The summed E-state index contributed by atoms with van der Waals surface area (Å²) in [6.07, 6.45) is 0. The minimum Gasteiger partial charge on any atom is -0.495 e. The van der Waals surface area contributed by atoms with Crippen LogP contribution in [0.4, 0.5) is 5.69 Å². The number of ether oxygens (including phenoxy) is 1. The smallest absolute Gasteiger partial charge is 0.339 e. The Bertz CT molecular complexity index is 805. The molecule has 2 aromatic carbocycles. The first kappa shape index (κ1) is 16.1. The van der Waals surface area contributed by atoms with Gasteiger partial charge in [0, 0.05) is 0 Å². The van der Waals surface area contributed by atoms with E-state index in [-0.39, 0.29) is 26.9 Å². The van der Waals surface area contributed by atoms with E-state index in [1.54, 1.807) is 18.2 Å². The van der Waals surface area contributed by atoms with Crippen LogP contribution < -0.4 is 9.46 Å². The number of halogens is 1. The maximum absolute atomic E-state index is 12.4. The third-order valence-electron chi connectivity index (χ3n) is 2.84. The molecule has 116 valence electrons. The fourth-order valence-electron chi connectivity index (χ4n) is 1.83. The second-order valence-electron chi connectivity index (χ2n) is 4.22. The SMILES string of the molecule is COc1ccc(Cl)c(C(=O)O)c1NS(=O)(=O)c1ccccc1. The van der Waals surface area contributed by atoms with E-state index in [1.807, 2.05) is 0 Å². The highest BCUT2D eigenvalue weighted by Crippen LogP contribution is 2.35. The lowest BCUT2D eigenvalue weighted by Gasteiger charge is -2.15. The van der Waals surface area contributed by atoms with Crippen molar-refractivity contribution in [3.05, 3.63) is 53.1 Å². The number of hydrogen-bond acceptors (Lipinski definition) is 4. The fraction of sp³-hybridized carbons (Fsp3) is 0.0714. The zero-order valence-corrected chi connectivity index (χ0v) is 13.0. The van der Waals surface area contributed by atoms with Gasteiger partial charge in [-0.25, -0.2) is 13.2 Å². The highest BCUT2D eigenvalue weighted by molar-refractivity contribution is 7.92. The molecule has 2 rings (SSSR count). The summed E-state index contributed by atoms with van der Waals surface area (Å²) in [5, 5.41) is 9.16. The molecule has 0 amide bonds. The molecule has 0 aliphatic rings. The van der Waals surface area contributed by atoms with Crippen LogP contribution in [0, 0.1) is 0 Å². The normalized spacial score (nSPS) is 11.0. The van der Waals surface area contributed by atoms with Crippen LogP contribution in [0.2, 0.25) is 5.02 Å². The molecular formula is C14H12ClNO5S. The van der Waals surface area contributed by atoms with Crippen molar-refractivity contribution in [3.63, 3.8) is 0 Å². The number of carbonyl (C=O) groups is 1. The van der Waals surface area contributed by atoms with Gasteiger partial charge in [0.2, 0.25) is 0 Å². The van der Waals surface area contributed by atoms with Gasteiger partial charge in [-0.05, 0) is 24.3 Å². The van der Waals surface area contributed by atoms with Crippen molar-refractivity contribution in [1.29, 1.82) is 0 Å².